The monoisotopic (exact) mass is 348 g/mol. The highest BCUT2D eigenvalue weighted by atomic mass is 16.6. The molecule has 2 aromatic rings. The van der Waals surface area contributed by atoms with Gasteiger partial charge in [0.2, 0.25) is 0 Å². The molecule has 1 aromatic heterocycles. The van der Waals surface area contributed by atoms with Gasteiger partial charge >= 0.3 is 0 Å². The molecule has 9 heteroatoms. The minimum Gasteiger partial charge on any atom is -0.360 e. The Morgan fingerprint density at radius 3 is 2.77 bits per heavy atom. The number of nitrogens with one attached hydrogen (secondary N) is 1. The number of rotatable bonds is 6. The molecule has 0 fully saturated rings. The molecule has 1 N–H and O–H groups in total. The molecule has 0 aliphatic rings. The number of oxime groups is 1. The number of hydrogen-bond acceptors (Lipinski definition) is 8. The highest BCUT2D eigenvalue weighted by Crippen LogP contribution is 2.26. The van der Waals surface area contributed by atoms with Crippen molar-refractivity contribution in [1.82, 2.24) is 4.98 Å². The topological polar surface area (TPSA) is 137 Å². The Bertz CT molecular complexity index is 939. The molecule has 26 heavy (non-hydrogen) atoms. The molecule has 9 nitrogen and oxygen atoms in total. The van der Waals surface area contributed by atoms with Gasteiger partial charge in [0.25, 0.3) is 5.69 Å². The van der Waals surface area contributed by atoms with E-state index >= 15 is 0 Å². The molecule has 0 saturated carbocycles. The van der Waals surface area contributed by atoms with Crippen LogP contribution in [0.2, 0.25) is 0 Å². The molecule has 0 bridgehead atoms. The summed E-state index contributed by atoms with van der Waals surface area (Å²) in [6.45, 7) is 1.71. The number of nitro groups is 1. The number of benzene rings is 1. The van der Waals surface area contributed by atoms with Crippen LogP contribution in [-0.4, -0.2) is 15.6 Å². The molecular formula is C17H12N6O3. The van der Waals surface area contributed by atoms with Crippen LogP contribution in [0.3, 0.4) is 0 Å². The maximum Gasteiger partial charge on any atom is 0.275 e. The third-order valence-corrected chi connectivity index (χ3v) is 3.09. The summed E-state index contributed by atoms with van der Waals surface area (Å²) in [5.74, 6) is 0.119. The van der Waals surface area contributed by atoms with Crippen molar-refractivity contribution in [3.8, 4) is 17.9 Å². The van der Waals surface area contributed by atoms with E-state index in [1.54, 1.807) is 43.6 Å². The lowest BCUT2D eigenvalue weighted by Crippen LogP contribution is -1.99. The van der Waals surface area contributed by atoms with Gasteiger partial charge in [-0.3, -0.25) is 15.1 Å². The molecule has 1 aromatic carbocycles. The average molecular weight is 348 g/mol. The maximum atomic E-state index is 11.1. The molecule has 0 saturated heterocycles. The summed E-state index contributed by atoms with van der Waals surface area (Å²) in [6.07, 6.45) is 4.38. The van der Waals surface area contributed by atoms with Crippen molar-refractivity contribution in [2.45, 2.75) is 6.92 Å². The van der Waals surface area contributed by atoms with E-state index in [9.17, 15) is 10.1 Å². The van der Waals surface area contributed by atoms with Crippen molar-refractivity contribution >= 4 is 17.1 Å². The van der Waals surface area contributed by atoms with Crippen LogP contribution in [0.25, 0.3) is 0 Å². The van der Waals surface area contributed by atoms with E-state index in [1.807, 2.05) is 0 Å². The third kappa shape index (κ3) is 4.88. The number of non-ortho nitro benzene ring substituents is 1. The SMILES string of the molecule is CC(=NOc1cc(NC=C(C#N)C#N)cc([N+](=O)[O-])c1)c1cccnc1. The summed E-state index contributed by atoms with van der Waals surface area (Å²) in [5, 5.41) is 35.1. The van der Waals surface area contributed by atoms with Gasteiger partial charge in [-0.2, -0.15) is 10.5 Å². The number of pyridine rings is 1. The van der Waals surface area contributed by atoms with Gasteiger partial charge in [0.1, 0.15) is 17.7 Å². The maximum absolute atomic E-state index is 11.1. The fraction of sp³-hybridized carbons (Fsp3) is 0.0588. The molecule has 0 spiro atoms. The fourth-order valence-electron chi connectivity index (χ4n) is 1.82. The Kier molecular flexibility index (Phi) is 5.97. The van der Waals surface area contributed by atoms with E-state index in [0.717, 1.165) is 11.8 Å². The molecule has 128 valence electrons. The van der Waals surface area contributed by atoms with Crippen LogP contribution in [0.5, 0.6) is 5.75 Å². The first-order valence-corrected chi connectivity index (χ1v) is 7.22. The number of anilines is 1. The number of aromatic nitrogens is 1. The van der Waals surface area contributed by atoms with Crippen LogP contribution < -0.4 is 10.2 Å². The second kappa shape index (κ2) is 8.57. The number of nitrogens with zero attached hydrogens (tertiary/aromatic N) is 5. The second-order valence-electron chi connectivity index (χ2n) is 4.91. The van der Waals surface area contributed by atoms with Crippen molar-refractivity contribution in [3.05, 3.63) is 70.2 Å². The molecule has 0 radical (unpaired) electrons. The van der Waals surface area contributed by atoms with E-state index in [2.05, 4.69) is 15.5 Å². The number of allylic oxidation sites excluding steroid dienone is 1. The zero-order valence-electron chi connectivity index (χ0n) is 13.6. The zero-order chi connectivity index (χ0) is 18.9. The van der Waals surface area contributed by atoms with Crippen LogP contribution in [0, 0.1) is 32.8 Å². The zero-order valence-corrected chi connectivity index (χ0v) is 13.6. The van der Waals surface area contributed by atoms with Gasteiger partial charge in [-0.05, 0) is 19.1 Å². The second-order valence-corrected chi connectivity index (χ2v) is 4.91. The van der Waals surface area contributed by atoms with E-state index in [1.165, 1.54) is 18.2 Å². The number of nitro benzene ring substituents is 1. The van der Waals surface area contributed by atoms with E-state index in [4.69, 9.17) is 15.4 Å². The third-order valence-electron chi connectivity index (χ3n) is 3.09. The normalized spacial score (nSPS) is 10.2. The van der Waals surface area contributed by atoms with Gasteiger partial charge in [-0.25, -0.2) is 0 Å². The highest BCUT2D eigenvalue weighted by Gasteiger charge is 2.11. The predicted octanol–water partition coefficient (Wildman–Crippen LogP) is 3.14. The van der Waals surface area contributed by atoms with Crippen LogP contribution in [0.15, 0.2) is 59.7 Å². The Hall–Kier alpha value is -4.24. The Morgan fingerprint density at radius 1 is 1.38 bits per heavy atom. The van der Waals surface area contributed by atoms with E-state index in [0.29, 0.717) is 5.71 Å². The molecule has 0 aliphatic heterocycles. The van der Waals surface area contributed by atoms with E-state index in [-0.39, 0.29) is 22.7 Å². The largest absolute Gasteiger partial charge is 0.360 e. The van der Waals surface area contributed by atoms with Gasteiger partial charge in [0.15, 0.2) is 5.75 Å². The summed E-state index contributed by atoms with van der Waals surface area (Å²) < 4.78 is 0. The summed E-state index contributed by atoms with van der Waals surface area (Å²) in [7, 11) is 0. The summed E-state index contributed by atoms with van der Waals surface area (Å²) in [4.78, 5) is 19.7. The average Bonchev–Trinajstić information content (AvgIpc) is 2.67. The Morgan fingerprint density at radius 2 is 2.15 bits per heavy atom. The smallest absolute Gasteiger partial charge is 0.275 e. The lowest BCUT2D eigenvalue weighted by Gasteiger charge is -2.05. The molecule has 1 heterocycles. The van der Waals surface area contributed by atoms with Crippen LogP contribution in [0.4, 0.5) is 11.4 Å². The molecule has 2 rings (SSSR count). The Balaban J connectivity index is 2.28. The predicted molar refractivity (Wildman–Crippen MR) is 93.1 cm³/mol. The van der Waals surface area contributed by atoms with Crippen molar-refractivity contribution in [3.63, 3.8) is 0 Å². The van der Waals surface area contributed by atoms with Crippen LogP contribution >= 0.6 is 0 Å². The standard InChI is InChI=1S/C17H12N6O3/c1-12(14-3-2-4-20-11-14)22-26-17-6-15(5-16(7-17)23(24)25)21-10-13(8-18)9-19/h2-7,10-11,21H,1H3. The highest BCUT2D eigenvalue weighted by molar-refractivity contribution is 5.98. The molecule has 0 aliphatic carbocycles. The minimum atomic E-state index is -0.588. The minimum absolute atomic E-state index is 0.119. The molecule has 0 atom stereocenters. The summed E-state index contributed by atoms with van der Waals surface area (Å²) >= 11 is 0. The van der Waals surface area contributed by atoms with Crippen molar-refractivity contribution in [2.75, 3.05) is 5.32 Å². The van der Waals surface area contributed by atoms with Gasteiger partial charge < -0.3 is 10.2 Å². The van der Waals surface area contributed by atoms with Gasteiger partial charge in [-0.1, -0.05) is 5.16 Å². The fourth-order valence-corrected chi connectivity index (χ4v) is 1.82. The van der Waals surface area contributed by atoms with Crippen molar-refractivity contribution in [1.29, 1.82) is 10.5 Å². The number of hydrogen-bond donors (Lipinski definition) is 1. The van der Waals surface area contributed by atoms with Gasteiger partial charge in [0.05, 0.1) is 16.7 Å². The summed E-state index contributed by atoms with van der Waals surface area (Å²) in [5.41, 5.74) is 1.14. The van der Waals surface area contributed by atoms with Gasteiger partial charge in [-0.15, -0.1) is 0 Å². The van der Waals surface area contributed by atoms with Crippen molar-refractivity contribution in [2.24, 2.45) is 5.16 Å². The lowest BCUT2D eigenvalue weighted by atomic mass is 10.2. The van der Waals surface area contributed by atoms with E-state index < -0.39 is 4.92 Å². The first-order chi connectivity index (χ1) is 12.5. The van der Waals surface area contributed by atoms with Crippen molar-refractivity contribution < 1.29 is 9.76 Å². The molecule has 0 amide bonds. The lowest BCUT2D eigenvalue weighted by molar-refractivity contribution is -0.384. The Labute approximate surface area is 148 Å². The van der Waals surface area contributed by atoms with Crippen LogP contribution in [-0.2, 0) is 0 Å². The molecular weight excluding hydrogens is 336 g/mol. The van der Waals surface area contributed by atoms with Crippen LogP contribution in [0.1, 0.15) is 12.5 Å². The van der Waals surface area contributed by atoms with Gasteiger partial charge in [0, 0.05) is 42.0 Å². The first-order valence-electron chi connectivity index (χ1n) is 7.22. The summed E-state index contributed by atoms with van der Waals surface area (Å²) in [6, 6.07) is 10.8. The number of nitriles is 2. The quantitative estimate of drug-likeness (QED) is 0.366. The first kappa shape index (κ1) is 18.1. The molecule has 0 unspecified atom stereocenters.